The molecule has 0 saturated carbocycles. The summed E-state index contributed by atoms with van der Waals surface area (Å²) < 4.78 is 0. The predicted molar refractivity (Wildman–Crippen MR) is 140 cm³/mol. The Hall–Kier alpha value is -4.16. The van der Waals surface area contributed by atoms with Gasteiger partial charge in [0, 0.05) is 0 Å². The van der Waals surface area contributed by atoms with Crippen molar-refractivity contribution < 1.29 is 0 Å². The van der Waals surface area contributed by atoms with Crippen LogP contribution >= 0.6 is 0 Å². The van der Waals surface area contributed by atoms with E-state index in [0.29, 0.717) is 0 Å². The van der Waals surface area contributed by atoms with E-state index in [1.165, 1.54) is 75.4 Å². The van der Waals surface area contributed by atoms with Gasteiger partial charge in [-0.2, -0.15) is 0 Å². The Bertz CT molecular complexity index is 2020. The molecule has 32 heavy (non-hydrogen) atoms. The van der Waals surface area contributed by atoms with Crippen molar-refractivity contribution >= 4 is 75.4 Å². The number of fused-ring (bicyclic) bond motifs is 8. The smallest absolute Gasteiger partial charge is 0.000785 e. The van der Waals surface area contributed by atoms with E-state index in [9.17, 15) is 0 Å². The first-order chi connectivity index (χ1) is 15.9. The van der Waals surface area contributed by atoms with Crippen LogP contribution in [0, 0.1) is 0 Å². The topological polar surface area (TPSA) is 0 Å². The summed E-state index contributed by atoms with van der Waals surface area (Å²) >= 11 is 0. The van der Waals surface area contributed by atoms with Crippen molar-refractivity contribution in [1.29, 1.82) is 0 Å². The Morgan fingerprint density at radius 2 is 0.781 bits per heavy atom. The van der Waals surface area contributed by atoms with Crippen LogP contribution in [0.2, 0.25) is 0 Å². The Labute approximate surface area is 184 Å². The molecule has 0 atom stereocenters. The summed E-state index contributed by atoms with van der Waals surface area (Å²) in [5.74, 6) is 0. The molecule has 8 rings (SSSR count). The zero-order valence-corrected chi connectivity index (χ0v) is 17.4. The average molecular weight is 402 g/mol. The molecule has 0 bridgehead atoms. The SMILES string of the molecule is c1ccc2c(c1)ccc1c2ccc2cc3cccc4c5cccc6cccc(c65)c(c21)c34. The van der Waals surface area contributed by atoms with Crippen LogP contribution in [0.15, 0.2) is 109 Å². The molecule has 146 valence electrons. The van der Waals surface area contributed by atoms with Crippen LogP contribution in [0.4, 0.5) is 0 Å². The maximum atomic E-state index is 2.38. The Morgan fingerprint density at radius 1 is 0.250 bits per heavy atom. The summed E-state index contributed by atoms with van der Waals surface area (Å²) in [4.78, 5) is 0. The molecule has 0 heterocycles. The van der Waals surface area contributed by atoms with Gasteiger partial charge in [-0.15, -0.1) is 0 Å². The van der Waals surface area contributed by atoms with Gasteiger partial charge < -0.3 is 0 Å². The van der Waals surface area contributed by atoms with E-state index in [4.69, 9.17) is 0 Å². The van der Waals surface area contributed by atoms with Crippen molar-refractivity contribution in [1.82, 2.24) is 0 Å². The van der Waals surface area contributed by atoms with Gasteiger partial charge in [-0.05, 0) is 81.5 Å². The van der Waals surface area contributed by atoms with Gasteiger partial charge in [-0.1, -0.05) is 103 Å². The fourth-order valence-electron chi connectivity index (χ4n) is 6.03. The highest BCUT2D eigenvalue weighted by Gasteiger charge is 2.17. The average Bonchev–Trinajstić information content (AvgIpc) is 2.85. The van der Waals surface area contributed by atoms with Crippen LogP contribution in [-0.4, -0.2) is 0 Å². The summed E-state index contributed by atoms with van der Waals surface area (Å²) in [5, 5.41) is 18.8. The van der Waals surface area contributed by atoms with Crippen LogP contribution in [0.25, 0.3) is 75.4 Å². The van der Waals surface area contributed by atoms with Gasteiger partial charge >= 0.3 is 0 Å². The van der Waals surface area contributed by atoms with Gasteiger partial charge in [0.25, 0.3) is 0 Å². The second-order valence-electron chi connectivity index (χ2n) is 8.91. The summed E-state index contributed by atoms with van der Waals surface area (Å²) in [6.07, 6.45) is 0. The Morgan fingerprint density at radius 3 is 1.62 bits per heavy atom. The molecule has 0 saturated heterocycles. The van der Waals surface area contributed by atoms with E-state index in [2.05, 4.69) is 109 Å². The third kappa shape index (κ3) is 1.93. The summed E-state index contributed by atoms with van der Waals surface area (Å²) in [5.41, 5.74) is 0. The third-order valence-electron chi connectivity index (χ3n) is 7.33. The first-order valence-corrected chi connectivity index (χ1v) is 11.2. The summed E-state index contributed by atoms with van der Waals surface area (Å²) in [6, 6.07) is 40.6. The largest absolute Gasteiger partial charge is 0.0616 e. The molecule has 0 nitrogen and oxygen atoms in total. The van der Waals surface area contributed by atoms with Gasteiger partial charge in [0.2, 0.25) is 0 Å². The molecule has 0 aliphatic heterocycles. The van der Waals surface area contributed by atoms with Gasteiger partial charge in [0.15, 0.2) is 0 Å². The highest BCUT2D eigenvalue weighted by molar-refractivity contribution is 6.41. The molecular formula is C32H18. The molecule has 0 heteroatoms. The van der Waals surface area contributed by atoms with Gasteiger partial charge in [0.05, 0.1) is 0 Å². The lowest BCUT2D eigenvalue weighted by Gasteiger charge is -2.18. The molecule has 0 amide bonds. The first-order valence-electron chi connectivity index (χ1n) is 11.2. The van der Waals surface area contributed by atoms with Crippen molar-refractivity contribution in [2.45, 2.75) is 0 Å². The zero-order valence-electron chi connectivity index (χ0n) is 17.4. The maximum absolute atomic E-state index is 2.38. The van der Waals surface area contributed by atoms with E-state index < -0.39 is 0 Å². The molecule has 0 unspecified atom stereocenters. The van der Waals surface area contributed by atoms with E-state index in [1.807, 2.05) is 0 Å². The molecule has 0 radical (unpaired) electrons. The van der Waals surface area contributed by atoms with Crippen molar-refractivity contribution in [2.24, 2.45) is 0 Å². The van der Waals surface area contributed by atoms with E-state index in [1.54, 1.807) is 0 Å². The van der Waals surface area contributed by atoms with Gasteiger partial charge in [-0.3, -0.25) is 0 Å². The molecule has 0 aliphatic rings. The van der Waals surface area contributed by atoms with E-state index in [-0.39, 0.29) is 0 Å². The number of rotatable bonds is 0. The minimum atomic E-state index is 1.29. The Kier molecular flexibility index (Phi) is 2.97. The van der Waals surface area contributed by atoms with Gasteiger partial charge in [-0.25, -0.2) is 0 Å². The van der Waals surface area contributed by atoms with Crippen LogP contribution in [0.5, 0.6) is 0 Å². The van der Waals surface area contributed by atoms with Crippen LogP contribution < -0.4 is 0 Å². The lowest BCUT2D eigenvalue weighted by molar-refractivity contribution is 1.79. The molecule has 8 aromatic rings. The minimum Gasteiger partial charge on any atom is -0.0616 e. The van der Waals surface area contributed by atoms with Crippen LogP contribution in [-0.2, 0) is 0 Å². The fourth-order valence-corrected chi connectivity index (χ4v) is 6.03. The lowest BCUT2D eigenvalue weighted by atomic mass is 9.85. The van der Waals surface area contributed by atoms with Gasteiger partial charge in [0.1, 0.15) is 0 Å². The standard InChI is InChI=1S/C32H18/c1-2-10-23-19(6-1)14-17-27-24(23)16-15-22-18-21-9-5-12-26-25-11-3-7-20-8-4-13-28(29(20)25)32(30(21)26)31(22)27/h1-18H. The van der Waals surface area contributed by atoms with E-state index in [0.717, 1.165) is 0 Å². The van der Waals surface area contributed by atoms with Crippen LogP contribution in [0.3, 0.4) is 0 Å². The third-order valence-corrected chi connectivity index (χ3v) is 7.33. The molecule has 0 fully saturated rings. The number of benzene rings is 8. The lowest BCUT2D eigenvalue weighted by Crippen LogP contribution is -1.89. The highest BCUT2D eigenvalue weighted by atomic mass is 14.2. The van der Waals surface area contributed by atoms with Crippen LogP contribution in [0.1, 0.15) is 0 Å². The second-order valence-corrected chi connectivity index (χ2v) is 8.91. The quantitative estimate of drug-likeness (QED) is 0.175. The molecule has 0 spiro atoms. The highest BCUT2D eigenvalue weighted by Crippen LogP contribution is 2.45. The normalized spacial score (nSPS) is 12.4. The monoisotopic (exact) mass is 402 g/mol. The minimum absolute atomic E-state index is 1.29. The molecule has 0 N–H and O–H groups in total. The number of hydrogen-bond acceptors (Lipinski definition) is 0. The maximum Gasteiger partial charge on any atom is -0.000785 e. The van der Waals surface area contributed by atoms with Crippen molar-refractivity contribution in [3.8, 4) is 0 Å². The summed E-state index contributed by atoms with van der Waals surface area (Å²) in [7, 11) is 0. The van der Waals surface area contributed by atoms with Crippen molar-refractivity contribution in [3.63, 3.8) is 0 Å². The van der Waals surface area contributed by atoms with Crippen molar-refractivity contribution in [3.05, 3.63) is 109 Å². The second kappa shape index (κ2) is 5.75. The molecule has 0 aromatic heterocycles. The first kappa shape index (κ1) is 16.5. The summed E-state index contributed by atoms with van der Waals surface area (Å²) in [6.45, 7) is 0. The fraction of sp³-hybridized carbons (Fsp3) is 0. The molecule has 8 aromatic carbocycles. The van der Waals surface area contributed by atoms with E-state index >= 15 is 0 Å². The molecular weight excluding hydrogens is 384 g/mol. The number of hydrogen-bond donors (Lipinski definition) is 0. The van der Waals surface area contributed by atoms with Crippen molar-refractivity contribution in [2.75, 3.05) is 0 Å². The predicted octanol–water partition coefficient (Wildman–Crippen LogP) is 9.20. The molecule has 0 aliphatic carbocycles. The zero-order chi connectivity index (χ0) is 20.8. The Balaban J connectivity index is 1.78.